The minimum atomic E-state index is -3.70. The quantitative estimate of drug-likeness (QED) is 0.269. The van der Waals surface area contributed by atoms with E-state index in [0.717, 1.165) is 4.90 Å². The van der Waals surface area contributed by atoms with E-state index in [4.69, 9.17) is 0 Å². The molecule has 0 saturated carbocycles. The number of hydrogen-bond acceptors (Lipinski definition) is 5. The van der Waals surface area contributed by atoms with Crippen molar-refractivity contribution in [2.45, 2.75) is 34.8 Å². The van der Waals surface area contributed by atoms with Crippen molar-refractivity contribution in [1.29, 1.82) is 0 Å². The second kappa shape index (κ2) is 4.53. The summed E-state index contributed by atoms with van der Waals surface area (Å²) in [6.45, 7) is 2.60. The molecular formula is C8H9BrKNO5S. The number of alkyl halides is 1. The van der Waals surface area contributed by atoms with Crippen LogP contribution in [0.5, 0.6) is 0 Å². The smallest absolute Gasteiger partial charge is 0.548 e. The second-order valence-corrected chi connectivity index (χ2v) is 8.02. The molecule has 90 valence electrons. The Bertz CT molecular complexity index is 490. The van der Waals surface area contributed by atoms with E-state index in [0.29, 0.717) is 0 Å². The Hall–Kier alpha value is 1.01. The van der Waals surface area contributed by atoms with E-state index in [2.05, 4.69) is 15.9 Å². The number of fused-ring (bicyclic) bond motifs is 1. The maximum absolute atomic E-state index is 12.0. The van der Waals surface area contributed by atoms with Crippen LogP contribution in [0.15, 0.2) is 0 Å². The van der Waals surface area contributed by atoms with Crippen LogP contribution in [0.1, 0.15) is 13.8 Å². The molecule has 2 saturated heterocycles. The Morgan fingerprint density at radius 1 is 1.47 bits per heavy atom. The molecule has 3 atom stereocenters. The van der Waals surface area contributed by atoms with E-state index in [-0.39, 0.29) is 51.4 Å². The third-order valence-corrected chi connectivity index (χ3v) is 7.29. The number of nitrogens with zero attached hydrogens (tertiary/aromatic N) is 1. The van der Waals surface area contributed by atoms with Crippen LogP contribution in [0.25, 0.3) is 0 Å². The Kier molecular flexibility index (Phi) is 4.28. The average Bonchev–Trinajstić information content (AvgIpc) is 2.28. The van der Waals surface area contributed by atoms with Crippen LogP contribution >= 0.6 is 15.9 Å². The van der Waals surface area contributed by atoms with Crippen LogP contribution in [-0.4, -0.2) is 46.2 Å². The molecule has 0 aromatic rings. The molecule has 17 heavy (non-hydrogen) atoms. The standard InChI is InChI=1S/C8H10BrNO5S.K/c1-8(2)4(7(12)13)10-5(11)3(9)6(10)16(8,14)15;/h3-4,6H,1-2H3,(H,12,13);/q;+1/p-1/t3-,4-,6+;/m0./s1. The number of β-lactam (4-membered cyclic amide) rings is 1. The summed E-state index contributed by atoms with van der Waals surface area (Å²) in [5.74, 6) is -2.06. The van der Waals surface area contributed by atoms with Crippen molar-refractivity contribution in [3.05, 3.63) is 0 Å². The fraction of sp³-hybridized carbons (Fsp3) is 0.750. The number of carbonyl (C=O) groups is 2. The summed E-state index contributed by atoms with van der Waals surface area (Å²) in [6, 6.07) is -1.41. The number of carboxylic acids is 1. The van der Waals surface area contributed by atoms with Crippen molar-refractivity contribution in [3.63, 3.8) is 0 Å². The van der Waals surface area contributed by atoms with Gasteiger partial charge in [0, 0.05) is 0 Å². The number of sulfone groups is 1. The van der Waals surface area contributed by atoms with Crippen molar-refractivity contribution in [1.82, 2.24) is 4.90 Å². The fourth-order valence-corrected chi connectivity index (χ4v) is 5.67. The zero-order chi connectivity index (χ0) is 12.5. The normalized spacial score (nSPS) is 36.8. The number of hydrogen-bond donors (Lipinski definition) is 0. The first-order chi connectivity index (χ1) is 7.14. The van der Waals surface area contributed by atoms with Gasteiger partial charge in [0.25, 0.3) is 0 Å². The van der Waals surface area contributed by atoms with Crippen LogP contribution in [0.3, 0.4) is 0 Å². The topological polar surface area (TPSA) is 94.6 Å². The largest absolute Gasteiger partial charge is 1.00 e. The van der Waals surface area contributed by atoms with E-state index >= 15 is 0 Å². The number of rotatable bonds is 1. The van der Waals surface area contributed by atoms with Crippen LogP contribution in [-0.2, 0) is 19.4 Å². The summed E-state index contributed by atoms with van der Waals surface area (Å²) < 4.78 is 22.5. The molecule has 2 heterocycles. The van der Waals surface area contributed by atoms with E-state index in [1.54, 1.807) is 0 Å². The number of carbonyl (C=O) groups excluding carboxylic acids is 2. The maximum Gasteiger partial charge on any atom is 1.00 e. The van der Waals surface area contributed by atoms with Crippen molar-refractivity contribution in [2.75, 3.05) is 0 Å². The summed E-state index contributed by atoms with van der Waals surface area (Å²) in [4.78, 5) is 22.5. The summed E-state index contributed by atoms with van der Waals surface area (Å²) in [5.41, 5.74) is 0. The van der Waals surface area contributed by atoms with E-state index < -0.39 is 42.7 Å². The maximum atomic E-state index is 12.0. The van der Waals surface area contributed by atoms with Gasteiger partial charge >= 0.3 is 51.4 Å². The predicted octanol–water partition coefficient (Wildman–Crippen LogP) is -4.75. The number of halogens is 1. The molecule has 0 unspecified atom stereocenters. The van der Waals surface area contributed by atoms with Gasteiger partial charge < -0.3 is 14.8 Å². The van der Waals surface area contributed by atoms with Crippen LogP contribution in [0, 0.1) is 0 Å². The van der Waals surface area contributed by atoms with Gasteiger partial charge in [0.2, 0.25) is 5.91 Å². The van der Waals surface area contributed by atoms with Crippen molar-refractivity contribution in [2.24, 2.45) is 0 Å². The van der Waals surface area contributed by atoms with E-state index in [1.807, 2.05) is 0 Å². The molecule has 1 amide bonds. The van der Waals surface area contributed by atoms with Crippen LogP contribution < -0.4 is 56.5 Å². The van der Waals surface area contributed by atoms with Gasteiger partial charge in [-0.25, -0.2) is 8.42 Å². The molecular weight excluding hydrogens is 341 g/mol. The molecule has 0 aromatic carbocycles. The van der Waals surface area contributed by atoms with Crippen molar-refractivity contribution in [3.8, 4) is 0 Å². The SMILES string of the molecule is CC1(C)[C@H](C(=O)[O-])N2C(=O)[C@H](Br)[C@H]2S1(=O)=O.[K+]. The third kappa shape index (κ3) is 1.81. The molecule has 0 aromatic heterocycles. The Morgan fingerprint density at radius 2 is 1.94 bits per heavy atom. The van der Waals surface area contributed by atoms with E-state index in [1.165, 1.54) is 13.8 Å². The van der Waals surface area contributed by atoms with Crippen LogP contribution in [0.2, 0.25) is 0 Å². The molecule has 2 rings (SSSR count). The third-order valence-electron chi connectivity index (χ3n) is 3.23. The van der Waals surface area contributed by atoms with Crippen molar-refractivity contribution < 1.29 is 74.5 Å². The Labute approximate surface area is 150 Å². The zero-order valence-electron chi connectivity index (χ0n) is 9.51. The Balaban J connectivity index is 0.00000144. The summed E-state index contributed by atoms with van der Waals surface area (Å²) >= 11 is 2.95. The number of carboxylic acid groups (broad SMARTS) is 1. The molecule has 0 radical (unpaired) electrons. The monoisotopic (exact) mass is 349 g/mol. The van der Waals surface area contributed by atoms with Gasteiger partial charge in [-0.3, -0.25) is 4.79 Å². The molecule has 2 aliphatic rings. The molecule has 2 fully saturated rings. The molecule has 0 bridgehead atoms. The number of amides is 1. The first-order valence-electron chi connectivity index (χ1n) is 4.54. The van der Waals surface area contributed by atoms with Gasteiger partial charge in [0.15, 0.2) is 15.2 Å². The first-order valence-corrected chi connectivity index (χ1v) is 7.01. The zero-order valence-corrected chi connectivity index (χ0v) is 15.0. The van der Waals surface area contributed by atoms with Crippen LogP contribution in [0.4, 0.5) is 0 Å². The van der Waals surface area contributed by atoms with Gasteiger partial charge in [-0.05, 0) is 13.8 Å². The van der Waals surface area contributed by atoms with Gasteiger partial charge in [0.05, 0.1) is 16.8 Å². The van der Waals surface area contributed by atoms with E-state index in [9.17, 15) is 23.1 Å². The summed E-state index contributed by atoms with van der Waals surface area (Å²) in [5, 5.41) is 9.88. The fourth-order valence-electron chi connectivity index (χ4n) is 2.23. The minimum Gasteiger partial charge on any atom is -0.548 e. The van der Waals surface area contributed by atoms with Gasteiger partial charge in [-0.2, -0.15) is 0 Å². The van der Waals surface area contributed by atoms with Gasteiger partial charge in [-0.1, -0.05) is 15.9 Å². The molecule has 6 nitrogen and oxygen atoms in total. The Morgan fingerprint density at radius 3 is 2.35 bits per heavy atom. The predicted molar refractivity (Wildman–Crippen MR) is 55.1 cm³/mol. The molecule has 0 spiro atoms. The summed E-state index contributed by atoms with van der Waals surface area (Å²) in [6.07, 6.45) is 0. The molecule has 2 aliphatic heterocycles. The first kappa shape index (κ1) is 16.1. The summed E-state index contributed by atoms with van der Waals surface area (Å²) in [7, 11) is -3.70. The molecule has 0 aliphatic carbocycles. The van der Waals surface area contributed by atoms with Crippen molar-refractivity contribution >= 4 is 37.6 Å². The second-order valence-electron chi connectivity index (χ2n) is 4.41. The molecule has 9 heteroatoms. The number of aliphatic carboxylic acids is 1. The minimum absolute atomic E-state index is 0. The van der Waals surface area contributed by atoms with Gasteiger partial charge in [0.1, 0.15) is 4.83 Å². The average molecular weight is 350 g/mol. The molecule has 0 N–H and O–H groups in total. The van der Waals surface area contributed by atoms with Gasteiger partial charge in [-0.15, -0.1) is 0 Å².